The fourth-order valence-corrected chi connectivity index (χ4v) is 12.8. The minimum Gasteiger partial charge on any atom is -0.462 e. The van der Waals surface area contributed by atoms with Crippen molar-refractivity contribution in [3.63, 3.8) is 0 Å². The van der Waals surface area contributed by atoms with Gasteiger partial charge in [0, 0.05) is 25.7 Å². The van der Waals surface area contributed by atoms with E-state index in [-0.39, 0.29) is 25.7 Å². The lowest BCUT2D eigenvalue weighted by atomic mass is 10.0. The van der Waals surface area contributed by atoms with Gasteiger partial charge in [0.25, 0.3) is 0 Å². The van der Waals surface area contributed by atoms with E-state index < -0.39 is 97.5 Å². The van der Waals surface area contributed by atoms with Gasteiger partial charge >= 0.3 is 39.5 Å². The molecule has 0 fully saturated rings. The summed E-state index contributed by atoms with van der Waals surface area (Å²) in [6.45, 7) is 4.62. The second-order valence-electron chi connectivity index (χ2n) is 28.1. The summed E-state index contributed by atoms with van der Waals surface area (Å²) in [5.41, 5.74) is 0. The first-order chi connectivity index (χ1) is 52.7. The van der Waals surface area contributed by atoms with E-state index >= 15 is 0 Å². The Morgan fingerprint density at radius 1 is 0.269 bits per heavy atom. The van der Waals surface area contributed by atoms with Crippen LogP contribution in [0.5, 0.6) is 0 Å². The highest BCUT2D eigenvalue weighted by atomic mass is 31.2. The summed E-state index contributed by atoms with van der Waals surface area (Å²) in [6.07, 6.45) is 91.6. The second-order valence-corrected chi connectivity index (χ2v) is 31.0. The molecule has 0 amide bonds. The van der Waals surface area contributed by atoms with E-state index in [1.807, 2.05) is 36.5 Å². The Labute approximate surface area is 656 Å². The van der Waals surface area contributed by atoms with Gasteiger partial charge in [0.1, 0.15) is 19.3 Å². The minimum absolute atomic E-state index is 0.0179. The van der Waals surface area contributed by atoms with Gasteiger partial charge in [0.05, 0.1) is 26.4 Å². The van der Waals surface area contributed by atoms with Gasteiger partial charge in [-0.15, -0.1) is 0 Å². The van der Waals surface area contributed by atoms with E-state index in [1.165, 1.54) is 154 Å². The molecule has 5 atom stereocenters. The second kappa shape index (κ2) is 80.3. The van der Waals surface area contributed by atoms with Gasteiger partial charge in [0.15, 0.2) is 12.2 Å². The topological polar surface area (TPSA) is 237 Å². The Hall–Kier alpha value is -4.80. The van der Waals surface area contributed by atoms with E-state index in [1.54, 1.807) is 0 Å². The Morgan fingerprint density at radius 2 is 0.500 bits per heavy atom. The average Bonchev–Trinajstić information content (AvgIpc) is 0.896. The van der Waals surface area contributed by atoms with Gasteiger partial charge in [-0.2, -0.15) is 0 Å². The zero-order chi connectivity index (χ0) is 78.9. The monoisotopic (exact) mass is 1560 g/mol. The number of ether oxygens (including phenoxy) is 4. The molecule has 0 bridgehead atoms. The molecule has 0 aromatic rings. The van der Waals surface area contributed by atoms with E-state index in [2.05, 4.69) is 125 Å². The van der Waals surface area contributed by atoms with Gasteiger partial charge in [0.2, 0.25) is 0 Å². The number of aliphatic hydroxyl groups excluding tert-OH is 1. The molecule has 0 radical (unpaired) electrons. The summed E-state index contributed by atoms with van der Waals surface area (Å²) in [4.78, 5) is 73.1. The molecule has 19 heteroatoms. The fourth-order valence-electron chi connectivity index (χ4n) is 11.2. The standard InChI is InChI=1S/C89H152O17P2/c1-5-9-13-17-21-25-29-33-37-39-41-43-47-50-54-58-62-66-70-74-87(92)100-80-85(106-89(94)76-72-68-64-60-56-52-48-44-42-40-38-34-30-26-22-18-14-10-6-2)82-104-108(97,98)102-78-83(90)77-101-107(95,96)103-81-84(105-88(93)75-71-67-63-59-55-51-46-36-32-28-24-20-16-12-8-4)79-99-86(91)73-69-65-61-57-53-49-45-35-31-27-23-19-15-11-7-3/h9,13,21-22,25-26,33-34,37-38,41-44,50,52,54,56,62,64,66,68,83-85,90H,5-8,10-12,14-20,23-24,27-32,35-36,39-40,45-49,51,53,55,57-61,63,65,67,69-82H2,1-4H3,(H,95,96)(H,97,98)/b13-9-,25-21-,26-22-,37-33-,38-34-,43-41-,44-42-,54-50-,56-52-,66-62-,68-64-/t83-,84+,85+/m0/s1. The van der Waals surface area contributed by atoms with E-state index in [0.717, 1.165) is 103 Å². The first-order valence-corrected chi connectivity index (χ1v) is 45.4. The normalized spacial score (nSPS) is 14.5. The van der Waals surface area contributed by atoms with E-state index in [4.69, 9.17) is 37.0 Å². The number of aliphatic hydroxyl groups is 1. The minimum atomic E-state index is -5.02. The van der Waals surface area contributed by atoms with Crippen molar-refractivity contribution in [2.45, 2.75) is 367 Å². The van der Waals surface area contributed by atoms with Crippen LogP contribution >= 0.6 is 15.6 Å². The molecule has 3 N–H and O–H groups in total. The molecule has 0 heterocycles. The van der Waals surface area contributed by atoms with Crippen LogP contribution in [0.3, 0.4) is 0 Å². The van der Waals surface area contributed by atoms with Crippen LogP contribution in [0.15, 0.2) is 134 Å². The molecular weight excluding hydrogens is 1400 g/mol. The van der Waals surface area contributed by atoms with Gasteiger partial charge in [-0.3, -0.25) is 37.3 Å². The van der Waals surface area contributed by atoms with Crippen LogP contribution in [0.2, 0.25) is 0 Å². The van der Waals surface area contributed by atoms with Gasteiger partial charge in [-0.05, 0) is 103 Å². The number of carbonyl (C=O) groups is 4. The lowest BCUT2D eigenvalue weighted by molar-refractivity contribution is -0.161. The third kappa shape index (κ3) is 79.3. The summed E-state index contributed by atoms with van der Waals surface area (Å²) in [7, 11) is -10.0. The Balaban J connectivity index is 5.49. The van der Waals surface area contributed by atoms with E-state index in [9.17, 15) is 43.2 Å². The molecule has 0 aliphatic rings. The highest BCUT2D eigenvalue weighted by molar-refractivity contribution is 7.47. The highest BCUT2D eigenvalue weighted by Crippen LogP contribution is 2.45. The van der Waals surface area contributed by atoms with Crippen LogP contribution < -0.4 is 0 Å². The van der Waals surface area contributed by atoms with Crippen LogP contribution in [0.25, 0.3) is 0 Å². The van der Waals surface area contributed by atoms with Crippen molar-refractivity contribution in [2.75, 3.05) is 39.6 Å². The SMILES string of the molecule is CC/C=C\C/C=C\C/C=C\C/C=C\C/C=C\C/C=C\CCC(=O)OC[C@H](COP(=O)(O)OC[C@@H](O)COP(=O)(O)OC[C@@H](COC(=O)CCCCCCCCCCCCCCCCC)OC(=O)CCCCCCCCCCCCCCCCC)OC(=O)CC/C=C\C/C=C\C/C=C\C/C=C\C/C=C\CCCCC. The molecule has 2 unspecified atom stereocenters. The molecule has 0 aromatic carbocycles. The number of hydrogen-bond acceptors (Lipinski definition) is 15. The Bertz CT molecular complexity index is 2560. The molecule has 0 spiro atoms. The van der Waals surface area contributed by atoms with Gasteiger partial charge < -0.3 is 33.8 Å². The predicted octanol–water partition coefficient (Wildman–Crippen LogP) is 25.2. The summed E-state index contributed by atoms with van der Waals surface area (Å²) >= 11 is 0. The van der Waals surface area contributed by atoms with Crippen LogP contribution in [-0.2, 0) is 65.4 Å². The van der Waals surface area contributed by atoms with Crippen molar-refractivity contribution in [3.8, 4) is 0 Å². The largest absolute Gasteiger partial charge is 0.472 e. The molecule has 0 aliphatic heterocycles. The molecule has 0 saturated heterocycles. The van der Waals surface area contributed by atoms with Crippen LogP contribution in [0, 0.1) is 0 Å². The predicted molar refractivity (Wildman–Crippen MR) is 445 cm³/mol. The summed E-state index contributed by atoms with van der Waals surface area (Å²) in [5, 5.41) is 10.7. The molecule has 0 aliphatic carbocycles. The van der Waals surface area contributed by atoms with Gasteiger partial charge in [-0.25, -0.2) is 9.13 Å². The van der Waals surface area contributed by atoms with Crippen molar-refractivity contribution in [1.29, 1.82) is 0 Å². The van der Waals surface area contributed by atoms with E-state index in [0.29, 0.717) is 38.5 Å². The fraction of sp³-hybridized carbons (Fsp3) is 0.708. The number of phosphoric ester groups is 2. The number of phosphoric acid groups is 2. The Kier molecular flexibility index (Phi) is 76.7. The number of rotatable bonds is 79. The molecule has 0 saturated carbocycles. The summed E-state index contributed by atoms with van der Waals surface area (Å²) in [6, 6.07) is 0. The zero-order valence-electron chi connectivity index (χ0n) is 68.0. The molecular formula is C89H152O17P2. The van der Waals surface area contributed by atoms with Crippen molar-refractivity contribution >= 4 is 39.5 Å². The molecule has 0 rings (SSSR count). The van der Waals surface area contributed by atoms with Crippen molar-refractivity contribution < 1.29 is 80.2 Å². The lowest BCUT2D eigenvalue weighted by Crippen LogP contribution is -2.30. The number of allylic oxidation sites excluding steroid dienone is 22. The number of esters is 4. The maximum Gasteiger partial charge on any atom is 0.472 e. The van der Waals surface area contributed by atoms with Gasteiger partial charge in [-0.1, -0.05) is 354 Å². The van der Waals surface area contributed by atoms with Crippen LogP contribution in [0.1, 0.15) is 349 Å². The molecule has 108 heavy (non-hydrogen) atoms. The first-order valence-electron chi connectivity index (χ1n) is 42.4. The number of carbonyl (C=O) groups excluding carboxylic acids is 4. The number of unbranched alkanes of at least 4 members (excludes halogenated alkanes) is 31. The smallest absolute Gasteiger partial charge is 0.462 e. The third-order valence-corrected chi connectivity index (χ3v) is 19.6. The highest BCUT2D eigenvalue weighted by Gasteiger charge is 2.30. The number of hydrogen-bond donors (Lipinski definition) is 3. The zero-order valence-corrected chi connectivity index (χ0v) is 69.8. The maximum absolute atomic E-state index is 13.1. The quantitative estimate of drug-likeness (QED) is 0.0169. The first kappa shape index (κ1) is 103. The lowest BCUT2D eigenvalue weighted by Gasteiger charge is -2.21. The van der Waals surface area contributed by atoms with Crippen LogP contribution in [0.4, 0.5) is 0 Å². The summed E-state index contributed by atoms with van der Waals surface area (Å²) < 4.78 is 68.6. The Morgan fingerprint density at radius 3 is 0.815 bits per heavy atom. The average molecular weight is 1560 g/mol. The molecule has 620 valence electrons. The summed E-state index contributed by atoms with van der Waals surface area (Å²) in [5.74, 6) is -2.35. The van der Waals surface area contributed by atoms with Crippen LogP contribution in [-0.4, -0.2) is 96.7 Å². The van der Waals surface area contributed by atoms with Crippen molar-refractivity contribution in [2.24, 2.45) is 0 Å². The van der Waals surface area contributed by atoms with Crippen molar-refractivity contribution in [1.82, 2.24) is 0 Å². The van der Waals surface area contributed by atoms with Crippen molar-refractivity contribution in [3.05, 3.63) is 134 Å². The molecule has 17 nitrogen and oxygen atoms in total. The third-order valence-electron chi connectivity index (χ3n) is 17.7. The maximum atomic E-state index is 13.1. The molecule has 0 aromatic heterocycles.